The van der Waals surface area contributed by atoms with Gasteiger partial charge in [-0.25, -0.2) is 4.79 Å². The smallest absolute Gasteiger partial charge is 0.335 e. The van der Waals surface area contributed by atoms with E-state index in [4.69, 9.17) is 5.11 Å². The first-order valence-electron chi connectivity index (χ1n) is 5.59. The average Bonchev–Trinajstić information content (AvgIpc) is 2.31. The molecule has 2 rings (SSSR count). The number of carboxylic acid groups (broad SMARTS) is 1. The highest BCUT2D eigenvalue weighted by Gasteiger charge is 2.08. The second kappa shape index (κ2) is 4.94. The van der Waals surface area contributed by atoms with E-state index < -0.39 is 5.97 Å². The van der Waals surface area contributed by atoms with Gasteiger partial charge in [0.1, 0.15) is 0 Å². The average molecular weight is 305 g/mol. The first-order valence-corrected chi connectivity index (χ1v) is 6.38. The van der Waals surface area contributed by atoms with Gasteiger partial charge in [0, 0.05) is 4.47 Å². The van der Waals surface area contributed by atoms with Crippen molar-refractivity contribution < 1.29 is 9.90 Å². The summed E-state index contributed by atoms with van der Waals surface area (Å²) in [7, 11) is 0. The van der Waals surface area contributed by atoms with Crippen molar-refractivity contribution >= 4 is 21.9 Å². The van der Waals surface area contributed by atoms with Gasteiger partial charge in [0.25, 0.3) is 0 Å². The maximum Gasteiger partial charge on any atom is 0.335 e. The fourth-order valence-electron chi connectivity index (χ4n) is 1.80. The first kappa shape index (κ1) is 12.8. The highest BCUT2D eigenvalue weighted by molar-refractivity contribution is 9.10. The Kier molecular flexibility index (Phi) is 3.53. The van der Waals surface area contributed by atoms with Crippen molar-refractivity contribution in [3.63, 3.8) is 0 Å². The van der Waals surface area contributed by atoms with Crippen LogP contribution in [-0.2, 0) is 0 Å². The molecular weight excluding hydrogens is 292 g/mol. The van der Waals surface area contributed by atoms with Crippen molar-refractivity contribution in [3.8, 4) is 11.1 Å². The Labute approximate surface area is 114 Å². The molecule has 92 valence electrons. The van der Waals surface area contributed by atoms with Gasteiger partial charge in [-0.2, -0.15) is 0 Å². The van der Waals surface area contributed by atoms with E-state index in [1.165, 1.54) is 11.1 Å². The third kappa shape index (κ3) is 2.62. The van der Waals surface area contributed by atoms with Crippen molar-refractivity contribution in [2.45, 2.75) is 13.8 Å². The van der Waals surface area contributed by atoms with Crippen LogP contribution >= 0.6 is 15.9 Å². The summed E-state index contributed by atoms with van der Waals surface area (Å²) >= 11 is 3.35. The van der Waals surface area contributed by atoms with Crippen molar-refractivity contribution in [2.24, 2.45) is 0 Å². The molecule has 0 amide bonds. The van der Waals surface area contributed by atoms with E-state index >= 15 is 0 Å². The first-order chi connectivity index (χ1) is 8.47. The van der Waals surface area contributed by atoms with Gasteiger partial charge in [-0.3, -0.25) is 0 Å². The number of rotatable bonds is 2. The van der Waals surface area contributed by atoms with Crippen LogP contribution < -0.4 is 0 Å². The van der Waals surface area contributed by atoms with Gasteiger partial charge in [-0.15, -0.1) is 0 Å². The van der Waals surface area contributed by atoms with Gasteiger partial charge < -0.3 is 5.11 Å². The number of benzene rings is 2. The molecule has 0 radical (unpaired) electrons. The van der Waals surface area contributed by atoms with Crippen LogP contribution in [0.1, 0.15) is 21.5 Å². The van der Waals surface area contributed by atoms with E-state index in [1.807, 2.05) is 18.2 Å². The highest BCUT2D eigenvalue weighted by atomic mass is 79.9. The summed E-state index contributed by atoms with van der Waals surface area (Å²) in [5, 5.41) is 9.06. The summed E-state index contributed by atoms with van der Waals surface area (Å²) in [4.78, 5) is 11.0. The van der Waals surface area contributed by atoms with E-state index in [0.29, 0.717) is 0 Å². The van der Waals surface area contributed by atoms with E-state index in [0.717, 1.165) is 15.6 Å². The van der Waals surface area contributed by atoms with Gasteiger partial charge in [0.2, 0.25) is 0 Å². The monoisotopic (exact) mass is 304 g/mol. The van der Waals surface area contributed by atoms with Crippen LogP contribution in [0, 0.1) is 13.8 Å². The maximum absolute atomic E-state index is 11.0. The molecular formula is C15H13BrO2. The largest absolute Gasteiger partial charge is 0.478 e. The summed E-state index contributed by atoms with van der Waals surface area (Å²) in [6.07, 6.45) is 0. The second-order valence-electron chi connectivity index (χ2n) is 4.33. The molecule has 0 atom stereocenters. The lowest BCUT2D eigenvalue weighted by Crippen LogP contribution is -1.96. The summed E-state index contributed by atoms with van der Waals surface area (Å²) < 4.78 is 0.774. The van der Waals surface area contributed by atoms with Gasteiger partial charge in [-0.05, 0) is 54.3 Å². The minimum atomic E-state index is -0.915. The molecule has 1 N–H and O–H groups in total. The summed E-state index contributed by atoms with van der Waals surface area (Å²) in [6.45, 7) is 4.11. The molecule has 2 aromatic rings. The molecule has 0 aliphatic rings. The van der Waals surface area contributed by atoms with E-state index in [1.54, 1.807) is 12.1 Å². The molecule has 0 aliphatic carbocycles. The van der Waals surface area contributed by atoms with E-state index in [2.05, 4.69) is 35.8 Å². The number of hydrogen-bond donors (Lipinski definition) is 1. The lowest BCUT2D eigenvalue weighted by molar-refractivity contribution is 0.0697. The summed E-state index contributed by atoms with van der Waals surface area (Å²) in [5.41, 5.74) is 4.65. The quantitative estimate of drug-likeness (QED) is 0.891. The molecule has 0 heterocycles. The molecule has 3 heteroatoms. The Morgan fingerprint density at radius 1 is 1.00 bits per heavy atom. The molecule has 0 unspecified atom stereocenters. The molecule has 0 fully saturated rings. The standard InChI is InChI=1S/C15H13BrO2/c1-9-3-4-11(5-10(9)2)12-6-13(15(17)18)8-14(16)7-12/h3-8H,1-2H3,(H,17,18). The third-order valence-corrected chi connectivity index (χ3v) is 3.44. The molecule has 0 saturated heterocycles. The lowest BCUT2D eigenvalue weighted by Gasteiger charge is -2.07. The number of halogens is 1. The van der Waals surface area contributed by atoms with Gasteiger partial charge in [0.15, 0.2) is 0 Å². The Morgan fingerprint density at radius 2 is 1.72 bits per heavy atom. The van der Waals surface area contributed by atoms with Crippen LogP contribution in [-0.4, -0.2) is 11.1 Å². The van der Waals surface area contributed by atoms with Crippen LogP contribution in [0.3, 0.4) is 0 Å². The van der Waals surface area contributed by atoms with Gasteiger partial charge in [0.05, 0.1) is 5.56 Å². The summed E-state index contributed by atoms with van der Waals surface area (Å²) in [5.74, 6) is -0.915. The molecule has 18 heavy (non-hydrogen) atoms. The Morgan fingerprint density at radius 3 is 2.33 bits per heavy atom. The topological polar surface area (TPSA) is 37.3 Å². The summed E-state index contributed by atoms with van der Waals surface area (Å²) in [6, 6.07) is 11.4. The van der Waals surface area contributed by atoms with Crippen molar-refractivity contribution in [1.29, 1.82) is 0 Å². The van der Waals surface area contributed by atoms with Crippen LogP contribution in [0.15, 0.2) is 40.9 Å². The predicted octanol–water partition coefficient (Wildman–Crippen LogP) is 4.43. The Bertz CT molecular complexity index is 618. The number of carboxylic acids is 1. The Hall–Kier alpha value is -1.61. The number of carbonyl (C=O) groups is 1. The van der Waals surface area contributed by atoms with Crippen molar-refractivity contribution in [3.05, 3.63) is 57.6 Å². The maximum atomic E-state index is 11.0. The normalized spacial score (nSPS) is 10.4. The molecule has 2 aromatic carbocycles. The predicted molar refractivity (Wildman–Crippen MR) is 76.0 cm³/mol. The van der Waals surface area contributed by atoms with Crippen LogP contribution in [0.5, 0.6) is 0 Å². The zero-order valence-electron chi connectivity index (χ0n) is 10.2. The van der Waals surface area contributed by atoms with Crippen LogP contribution in [0.2, 0.25) is 0 Å². The molecule has 0 saturated carbocycles. The molecule has 0 bridgehead atoms. The number of aryl methyl sites for hydroxylation is 2. The number of hydrogen-bond acceptors (Lipinski definition) is 1. The SMILES string of the molecule is Cc1ccc(-c2cc(Br)cc(C(=O)O)c2)cc1C. The zero-order valence-corrected chi connectivity index (χ0v) is 11.8. The van der Waals surface area contributed by atoms with Crippen molar-refractivity contribution in [2.75, 3.05) is 0 Å². The molecule has 2 nitrogen and oxygen atoms in total. The zero-order chi connectivity index (χ0) is 13.3. The fraction of sp³-hybridized carbons (Fsp3) is 0.133. The van der Waals surface area contributed by atoms with Crippen LogP contribution in [0.4, 0.5) is 0 Å². The van der Waals surface area contributed by atoms with E-state index in [9.17, 15) is 4.79 Å². The third-order valence-electron chi connectivity index (χ3n) is 2.98. The molecule has 0 spiro atoms. The van der Waals surface area contributed by atoms with Gasteiger partial charge in [-0.1, -0.05) is 34.1 Å². The molecule has 0 aromatic heterocycles. The minimum absolute atomic E-state index is 0.289. The van der Waals surface area contributed by atoms with Gasteiger partial charge >= 0.3 is 5.97 Å². The highest BCUT2D eigenvalue weighted by Crippen LogP contribution is 2.26. The van der Waals surface area contributed by atoms with E-state index in [-0.39, 0.29) is 5.56 Å². The minimum Gasteiger partial charge on any atom is -0.478 e. The van der Waals surface area contributed by atoms with Crippen LogP contribution in [0.25, 0.3) is 11.1 Å². The second-order valence-corrected chi connectivity index (χ2v) is 5.25. The lowest BCUT2D eigenvalue weighted by atomic mass is 9.99. The Balaban J connectivity index is 2.56. The van der Waals surface area contributed by atoms with Crippen molar-refractivity contribution in [1.82, 2.24) is 0 Å². The number of aromatic carboxylic acids is 1. The molecule has 0 aliphatic heterocycles. The fourth-order valence-corrected chi connectivity index (χ4v) is 2.29.